The predicted molar refractivity (Wildman–Crippen MR) is 168 cm³/mol. The molecule has 0 fully saturated rings. The molecule has 1 aromatic heterocycles. The zero-order valence-electron chi connectivity index (χ0n) is 22.0. The van der Waals surface area contributed by atoms with Crippen LogP contribution >= 0.6 is 0 Å². The van der Waals surface area contributed by atoms with Crippen LogP contribution in [0.3, 0.4) is 0 Å². The Labute approximate surface area is 233 Å². The van der Waals surface area contributed by atoms with Gasteiger partial charge in [-0.3, -0.25) is 4.99 Å². The third kappa shape index (κ3) is 4.50. The maximum absolute atomic E-state index is 6.86. The highest BCUT2D eigenvalue weighted by Crippen LogP contribution is 2.43. The van der Waals surface area contributed by atoms with Crippen LogP contribution in [0.4, 0.5) is 0 Å². The van der Waals surface area contributed by atoms with Crippen molar-refractivity contribution in [1.29, 1.82) is 0 Å². The number of furan rings is 1. The van der Waals surface area contributed by atoms with Gasteiger partial charge in [-0.05, 0) is 46.0 Å². The number of rotatable bonds is 6. The smallest absolute Gasteiger partial charge is 0.143 e. The lowest BCUT2D eigenvalue weighted by Gasteiger charge is -2.08. The van der Waals surface area contributed by atoms with Crippen molar-refractivity contribution in [1.82, 2.24) is 0 Å². The lowest BCUT2D eigenvalue weighted by Crippen LogP contribution is -1.88. The van der Waals surface area contributed by atoms with E-state index in [1.807, 2.05) is 18.3 Å². The van der Waals surface area contributed by atoms with Gasteiger partial charge in [-0.15, -0.1) is 0 Å². The minimum atomic E-state index is 0.628. The first-order chi connectivity index (χ1) is 19.8. The van der Waals surface area contributed by atoms with Crippen LogP contribution in [-0.2, 0) is 6.54 Å². The van der Waals surface area contributed by atoms with E-state index in [0.29, 0.717) is 6.54 Å². The molecule has 7 aromatic rings. The van der Waals surface area contributed by atoms with Crippen molar-refractivity contribution < 1.29 is 4.42 Å². The monoisotopic (exact) mass is 513 g/mol. The summed E-state index contributed by atoms with van der Waals surface area (Å²) in [5.41, 5.74) is 10.8. The summed E-state index contributed by atoms with van der Waals surface area (Å²) < 4.78 is 6.86. The summed E-state index contributed by atoms with van der Waals surface area (Å²) in [6.45, 7) is 0.628. The minimum absolute atomic E-state index is 0.628. The first-order valence-electron chi connectivity index (χ1n) is 13.6. The Balaban J connectivity index is 1.52. The molecule has 2 nitrogen and oxygen atoms in total. The van der Waals surface area contributed by atoms with Gasteiger partial charge in [0.1, 0.15) is 11.2 Å². The quantitative estimate of drug-likeness (QED) is 0.203. The summed E-state index contributed by atoms with van der Waals surface area (Å²) in [4.78, 5) is 4.85. The summed E-state index contributed by atoms with van der Waals surface area (Å²) in [6, 6.07) is 50.7. The average molecular weight is 514 g/mol. The van der Waals surface area contributed by atoms with Crippen LogP contribution in [0.2, 0.25) is 0 Å². The molecule has 1 heterocycles. The third-order valence-electron chi connectivity index (χ3n) is 7.38. The number of benzene rings is 6. The number of aliphatic imine (C=N–C) groups is 1. The SMILES string of the molecule is C(=NCc1ccccc1)c1ccc(-c2ccccc2)c2oc3c(-c4ccccc4)cc(-c4ccccc4)cc3c12. The van der Waals surface area contributed by atoms with Gasteiger partial charge in [-0.1, -0.05) is 127 Å². The van der Waals surface area contributed by atoms with Crippen LogP contribution in [0.1, 0.15) is 11.1 Å². The average Bonchev–Trinajstić information content (AvgIpc) is 3.42. The van der Waals surface area contributed by atoms with Gasteiger partial charge in [0.15, 0.2) is 0 Å². The molecule has 0 radical (unpaired) electrons. The molecule has 7 rings (SSSR count). The molecule has 40 heavy (non-hydrogen) atoms. The van der Waals surface area contributed by atoms with Crippen LogP contribution in [0.15, 0.2) is 155 Å². The lowest BCUT2D eigenvalue weighted by molar-refractivity contribution is 0.671. The topological polar surface area (TPSA) is 25.5 Å². The molecule has 0 aliphatic rings. The van der Waals surface area contributed by atoms with Gasteiger partial charge in [-0.2, -0.15) is 0 Å². The van der Waals surface area contributed by atoms with Crippen molar-refractivity contribution in [2.75, 3.05) is 0 Å². The standard InChI is InChI=1S/C38H27NO/c1-5-13-27(14-6-1)25-39-26-31-21-22-33(29-17-9-3-10-18-29)38-36(31)35-24-32(28-15-7-2-8-16-28)23-34(37(35)40-38)30-19-11-4-12-20-30/h1-24,26H,25H2. The Morgan fingerprint density at radius 3 is 1.73 bits per heavy atom. The van der Waals surface area contributed by atoms with E-state index in [9.17, 15) is 0 Å². The van der Waals surface area contributed by atoms with Gasteiger partial charge in [-0.25, -0.2) is 0 Å². The summed E-state index contributed by atoms with van der Waals surface area (Å²) in [6.07, 6.45) is 2.00. The third-order valence-corrected chi connectivity index (χ3v) is 7.38. The van der Waals surface area contributed by atoms with E-state index in [1.165, 1.54) is 11.1 Å². The molecule has 0 N–H and O–H groups in total. The lowest BCUT2D eigenvalue weighted by atomic mass is 9.94. The molecule has 190 valence electrons. The number of hydrogen-bond donors (Lipinski definition) is 0. The Kier molecular flexibility index (Phi) is 6.27. The molecule has 0 spiro atoms. The highest BCUT2D eigenvalue weighted by atomic mass is 16.3. The van der Waals surface area contributed by atoms with E-state index in [-0.39, 0.29) is 0 Å². The fourth-order valence-electron chi connectivity index (χ4n) is 5.42. The van der Waals surface area contributed by atoms with Gasteiger partial charge in [0.05, 0.1) is 6.54 Å². The minimum Gasteiger partial charge on any atom is -0.455 e. The van der Waals surface area contributed by atoms with E-state index in [0.717, 1.165) is 55.3 Å². The van der Waals surface area contributed by atoms with Crippen molar-refractivity contribution >= 4 is 28.2 Å². The molecule has 0 saturated heterocycles. The van der Waals surface area contributed by atoms with Crippen molar-refractivity contribution in [3.05, 3.63) is 157 Å². The van der Waals surface area contributed by atoms with Gasteiger partial charge >= 0.3 is 0 Å². The normalized spacial score (nSPS) is 11.5. The van der Waals surface area contributed by atoms with Gasteiger partial charge in [0.25, 0.3) is 0 Å². The highest BCUT2D eigenvalue weighted by Gasteiger charge is 2.20. The first kappa shape index (κ1) is 23.9. The zero-order valence-corrected chi connectivity index (χ0v) is 22.0. The Morgan fingerprint density at radius 2 is 1.07 bits per heavy atom. The summed E-state index contributed by atoms with van der Waals surface area (Å²) in [5.74, 6) is 0. The molecule has 0 aliphatic carbocycles. The molecule has 0 unspecified atom stereocenters. The van der Waals surface area contributed by atoms with Gasteiger partial charge in [0.2, 0.25) is 0 Å². The summed E-state index contributed by atoms with van der Waals surface area (Å²) in [5, 5.41) is 2.18. The molecule has 0 bridgehead atoms. The van der Waals surface area contributed by atoms with Gasteiger partial charge < -0.3 is 4.42 Å². The van der Waals surface area contributed by atoms with E-state index < -0.39 is 0 Å². The van der Waals surface area contributed by atoms with Crippen LogP contribution < -0.4 is 0 Å². The molecular formula is C38H27NO. The fraction of sp³-hybridized carbons (Fsp3) is 0.0263. The van der Waals surface area contributed by atoms with Crippen molar-refractivity contribution in [2.45, 2.75) is 6.54 Å². The molecule has 0 atom stereocenters. The van der Waals surface area contributed by atoms with Crippen molar-refractivity contribution in [2.24, 2.45) is 4.99 Å². The second kappa shape index (κ2) is 10.5. The van der Waals surface area contributed by atoms with Crippen LogP contribution in [0.5, 0.6) is 0 Å². The van der Waals surface area contributed by atoms with Crippen LogP contribution in [0.25, 0.3) is 55.3 Å². The fourth-order valence-corrected chi connectivity index (χ4v) is 5.42. The number of hydrogen-bond acceptors (Lipinski definition) is 2. The maximum atomic E-state index is 6.86. The molecule has 0 saturated carbocycles. The zero-order chi connectivity index (χ0) is 26.7. The first-order valence-corrected chi connectivity index (χ1v) is 13.6. The molecular weight excluding hydrogens is 486 g/mol. The number of nitrogens with zero attached hydrogens (tertiary/aromatic N) is 1. The largest absolute Gasteiger partial charge is 0.455 e. The van der Waals surface area contributed by atoms with Crippen LogP contribution in [0, 0.1) is 0 Å². The summed E-state index contributed by atoms with van der Waals surface area (Å²) in [7, 11) is 0. The summed E-state index contributed by atoms with van der Waals surface area (Å²) >= 11 is 0. The Hall–Kier alpha value is -5.21. The number of fused-ring (bicyclic) bond motifs is 3. The van der Waals surface area contributed by atoms with E-state index in [1.54, 1.807) is 0 Å². The molecule has 0 aliphatic heterocycles. The van der Waals surface area contributed by atoms with Crippen LogP contribution in [-0.4, -0.2) is 6.21 Å². The molecule has 2 heteroatoms. The van der Waals surface area contributed by atoms with E-state index in [4.69, 9.17) is 9.41 Å². The molecule has 0 amide bonds. The maximum Gasteiger partial charge on any atom is 0.143 e. The van der Waals surface area contributed by atoms with Crippen molar-refractivity contribution in [3.8, 4) is 33.4 Å². The van der Waals surface area contributed by atoms with Gasteiger partial charge in [0, 0.05) is 33.7 Å². The predicted octanol–water partition coefficient (Wildman–Crippen LogP) is 10.2. The van der Waals surface area contributed by atoms with E-state index in [2.05, 4.69) is 133 Å². The highest BCUT2D eigenvalue weighted by molar-refractivity contribution is 6.19. The second-order valence-electron chi connectivity index (χ2n) is 9.96. The molecule has 6 aromatic carbocycles. The Morgan fingerprint density at radius 1 is 0.500 bits per heavy atom. The van der Waals surface area contributed by atoms with Crippen molar-refractivity contribution in [3.63, 3.8) is 0 Å². The Bertz CT molecular complexity index is 1940. The van der Waals surface area contributed by atoms with E-state index >= 15 is 0 Å². The second-order valence-corrected chi connectivity index (χ2v) is 9.96.